The van der Waals surface area contributed by atoms with Crippen molar-refractivity contribution < 1.29 is 0 Å². The van der Waals surface area contributed by atoms with Gasteiger partial charge in [-0.25, -0.2) is 0 Å². The third-order valence-electron chi connectivity index (χ3n) is 4.58. The average molecular weight is 240 g/mol. The van der Waals surface area contributed by atoms with Crippen molar-refractivity contribution in [2.45, 2.75) is 71.3 Å². The molecule has 1 rings (SSSR count). The molecule has 1 aliphatic heterocycles. The van der Waals surface area contributed by atoms with E-state index in [1.807, 2.05) is 0 Å². The van der Waals surface area contributed by atoms with Crippen molar-refractivity contribution in [2.75, 3.05) is 19.6 Å². The van der Waals surface area contributed by atoms with Gasteiger partial charge in [0.25, 0.3) is 0 Å². The summed E-state index contributed by atoms with van der Waals surface area (Å²) in [6.45, 7) is 10.4. The minimum atomic E-state index is 0.0462. The molecule has 1 heterocycles. The molecule has 1 atom stereocenters. The van der Waals surface area contributed by atoms with Crippen LogP contribution in [0.3, 0.4) is 0 Å². The van der Waals surface area contributed by atoms with Crippen molar-refractivity contribution in [2.24, 2.45) is 11.7 Å². The van der Waals surface area contributed by atoms with Crippen LogP contribution < -0.4 is 5.73 Å². The highest BCUT2D eigenvalue weighted by Crippen LogP contribution is 2.23. The van der Waals surface area contributed by atoms with Crippen LogP contribution in [0.1, 0.15) is 65.7 Å². The zero-order valence-corrected chi connectivity index (χ0v) is 12.2. The van der Waals surface area contributed by atoms with Gasteiger partial charge in [0.15, 0.2) is 0 Å². The zero-order chi connectivity index (χ0) is 12.7. The van der Waals surface area contributed by atoms with Gasteiger partial charge in [0, 0.05) is 12.1 Å². The number of likely N-dealkylation sites (tertiary alicyclic amines) is 1. The standard InChI is InChI=1S/C15H32N2/c1-4-8-14-9-7-11-17(12-10-14)13-15(16,5-2)6-3/h14H,4-13,16H2,1-3H3. The first-order chi connectivity index (χ1) is 8.13. The SMILES string of the molecule is CCCC1CCCN(CC(N)(CC)CC)CC1. The van der Waals surface area contributed by atoms with Crippen LogP contribution in [-0.2, 0) is 0 Å². The highest BCUT2D eigenvalue weighted by Gasteiger charge is 2.25. The summed E-state index contributed by atoms with van der Waals surface area (Å²) in [4.78, 5) is 2.61. The monoisotopic (exact) mass is 240 g/mol. The van der Waals surface area contributed by atoms with E-state index in [1.54, 1.807) is 0 Å². The molecule has 0 radical (unpaired) electrons. The Morgan fingerprint density at radius 1 is 1.12 bits per heavy atom. The lowest BCUT2D eigenvalue weighted by Crippen LogP contribution is -2.49. The highest BCUT2D eigenvalue weighted by molar-refractivity contribution is 4.86. The molecule has 102 valence electrons. The molecule has 1 aliphatic rings. The third-order valence-corrected chi connectivity index (χ3v) is 4.58. The van der Waals surface area contributed by atoms with Crippen LogP contribution in [0, 0.1) is 5.92 Å². The molecule has 2 heteroatoms. The van der Waals surface area contributed by atoms with Crippen LogP contribution in [0.2, 0.25) is 0 Å². The Kier molecular flexibility index (Phi) is 6.50. The first-order valence-corrected chi connectivity index (χ1v) is 7.64. The van der Waals surface area contributed by atoms with E-state index in [1.165, 1.54) is 45.2 Å². The first kappa shape index (κ1) is 15.0. The van der Waals surface area contributed by atoms with E-state index in [-0.39, 0.29) is 5.54 Å². The van der Waals surface area contributed by atoms with E-state index in [4.69, 9.17) is 5.73 Å². The van der Waals surface area contributed by atoms with Gasteiger partial charge in [0.2, 0.25) is 0 Å². The number of hydrogen-bond donors (Lipinski definition) is 1. The van der Waals surface area contributed by atoms with Gasteiger partial charge in [-0.3, -0.25) is 0 Å². The van der Waals surface area contributed by atoms with Crippen LogP contribution >= 0.6 is 0 Å². The number of hydrogen-bond acceptors (Lipinski definition) is 2. The van der Waals surface area contributed by atoms with Crippen LogP contribution in [0.4, 0.5) is 0 Å². The summed E-state index contributed by atoms with van der Waals surface area (Å²) >= 11 is 0. The molecule has 1 unspecified atom stereocenters. The van der Waals surface area contributed by atoms with Crippen molar-refractivity contribution >= 4 is 0 Å². The molecule has 0 bridgehead atoms. The average Bonchev–Trinajstić information content (AvgIpc) is 2.55. The van der Waals surface area contributed by atoms with Crippen molar-refractivity contribution in [3.8, 4) is 0 Å². The fraction of sp³-hybridized carbons (Fsp3) is 1.00. The molecule has 2 nitrogen and oxygen atoms in total. The Bertz CT molecular complexity index is 199. The van der Waals surface area contributed by atoms with E-state index in [0.29, 0.717) is 0 Å². The molecule has 0 spiro atoms. The van der Waals surface area contributed by atoms with Crippen molar-refractivity contribution in [1.82, 2.24) is 4.90 Å². The second kappa shape index (κ2) is 7.38. The number of nitrogens with zero attached hydrogens (tertiary/aromatic N) is 1. The molecule has 0 aromatic carbocycles. The highest BCUT2D eigenvalue weighted by atomic mass is 15.1. The fourth-order valence-electron chi connectivity index (χ4n) is 3.00. The normalized spacial score (nSPS) is 23.6. The van der Waals surface area contributed by atoms with Gasteiger partial charge in [-0.15, -0.1) is 0 Å². The minimum absolute atomic E-state index is 0.0462. The molecular weight excluding hydrogens is 208 g/mol. The molecule has 0 amide bonds. The first-order valence-electron chi connectivity index (χ1n) is 7.64. The second-order valence-electron chi connectivity index (χ2n) is 5.93. The van der Waals surface area contributed by atoms with Crippen LogP contribution in [0.25, 0.3) is 0 Å². The van der Waals surface area contributed by atoms with Crippen LogP contribution in [0.5, 0.6) is 0 Å². The topological polar surface area (TPSA) is 29.3 Å². The smallest absolute Gasteiger partial charge is 0.0278 e. The van der Waals surface area contributed by atoms with Gasteiger partial charge < -0.3 is 10.6 Å². The lowest BCUT2D eigenvalue weighted by atomic mass is 9.93. The number of rotatable bonds is 6. The van der Waals surface area contributed by atoms with Gasteiger partial charge in [0.1, 0.15) is 0 Å². The van der Waals surface area contributed by atoms with E-state index in [9.17, 15) is 0 Å². The van der Waals surface area contributed by atoms with Crippen molar-refractivity contribution in [1.29, 1.82) is 0 Å². The summed E-state index contributed by atoms with van der Waals surface area (Å²) in [5.74, 6) is 0.973. The maximum atomic E-state index is 6.43. The van der Waals surface area contributed by atoms with Crippen molar-refractivity contribution in [3.63, 3.8) is 0 Å². The quantitative estimate of drug-likeness (QED) is 0.771. The Hall–Kier alpha value is -0.0800. The summed E-state index contributed by atoms with van der Waals surface area (Å²) in [5, 5.41) is 0. The minimum Gasteiger partial charge on any atom is -0.324 e. The Labute approximate surface area is 108 Å². The summed E-state index contributed by atoms with van der Waals surface area (Å²) in [5.41, 5.74) is 6.48. The predicted molar refractivity (Wildman–Crippen MR) is 76.2 cm³/mol. The molecule has 1 fully saturated rings. The molecule has 0 saturated carbocycles. The van der Waals surface area contributed by atoms with Crippen LogP contribution in [0.15, 0.2) is 0 Å². The largest absolute Gasteiger partial charge is 0.324 e. The van der Waals surface area contributed by atoms with Gasteiger partial charge >= 0.3 is 0 Å². The van der Waals surface area contributed by atoms with E-state index in [0.717, 1.165) is 25.3 Å². The molecule has 0 aromatic rings. The molecule has 1 saturated heterocycles. The molecule has 17 heavy (non-hydrogen) atoms. The van der Waals surface area contributed by atoms with E-state index in [2.05, 4.69) is 25.7 Å². The lowest BCUT2D eigenvalue weighted by molar-refractivity contribution is 0.202. The van der Waals surface area contributed by atoms with Gasteiger partial charge in [-0.1, -0.05) is 33.6 Å². The van der Waals surface area contributed by atoms with Gasteiger partial charge in [-0.05, 0) is 51.1 Å². The Morgan fingerprint density at radius 3 is 2.41 bits per heavy atom. The summed E-state index contributed by atoms with van der Waals surface area (Å²) < 4.78 is 0. The number of nitrogens with two attached hydrogens (primary N) is 1. The Balaban J connectivity index is 2.40. The molecular formula is C15H32N2. The van der Waals surface area contributed by atoms with Gasteiger partial charge in [0.05, 0.1) is 0 Å². The van der Waals surface area contributed by atoms with E-state index >= 15 is 0 Å². The van der Waals surface area contributed by atoms with Crippen molar-refractivity contribution in [3.05, 3.63) is 0 Å². The second-order valence-corrected chi connectivity index (χ2v) is 5.93. The molecule has 0 aromatic heterocycles. The van der Waals surface area contributed by atoms with Gasteiger partial charge in [-0.2, -0.15) is 0 Å². The fourth-order valence-corrected chi connectivity index (χ4v) is 3.00. The Morgan fingerprint density at radius 2 is 1.82 bits per heavy atom. The van der Waals surface area contributed by atoms with Crippen LogP contribution in [-0.4, -0.2) is 30.1 Å². The van der Waals surface area contributed by atoms with E-state index < -0.39 is 0 Å². The zero-order valence-electron chi connectivity index (χ0n) is 12.2. The maximum Gasteiger partial charge on any atom is 0.0278 e. The molecule has 0 aliphatic carbocycles. The summed E-state index contributed by atoms with van der Waals surface area (Å²) in [7, 11) is 0. The summed E-state index contributed by atoms with van der Waals surface area (Å²) in [6, 6.07) is 0. The third kappa shape index (κ3) is 4.97. The summed E-state index contributed by atoms with van der Waals surface area (Å²) in [6.07, 6.45) is 9.14. The predicted octanol–water partition coefficient (Wildman–Crippen LogP) is 3.41. The molecule has 2 N–H and O–H groups in total. The maximum absolute atomic E-state index is 6.43. The lowest BCUT2D eigenvalue weighted by Gasteiger charge is -2.33.